The van der Waals surface area contributed by atoms with Crippen LogP contribution in [0.25, 0.3) is 0 Å². The molecule has 0 spiro atoms. The third-order valence-corrected chi connectivity index (χ3v) is 6.53. The van der Waals surface area contributed by atoms with E-state index in [1.54, 1.807) is 19.2 Å². The fourth-order valence-electron chi connectivity index (χ4n) is 3.29. The third-order valence-electron chi connectivity index (χ3n) is 5.10. The summed E-state index contributed by atoms with van der Waals surface area (Å²) in [5, 5.41) is 6.62. The lowest BCUT2D eigenvalue weighted by atomic mass is 10.1. The van der Waals surface area contributed by atoms with E-state index < -0.39 is 10.0 Å². The molecule has 8 heteroatoms. The fourth-order valence-corrected chi connectivity index (χ4v) is 4.35. The van der Waals surface area contributed by atoms with E-state index in [1.165, 1.54) is 5.56 Å². The van der Waals surface area contributed by atoms with Crippen LogP contribution in [0.1, 0.15) is 36.9 Å². The number of nitrogens with one attached hydrogen (secondary N) is 3. The summed E-state index contributed by atoms with van der Waals surface area (Å²) in [7, 11) is -1.81. The summed E-state index contributed by atoms with van der Waals surface area (Å²) in [4.78, 5) is 4.52. The van der Waals surface area contributed by atoms with Crippen molar-refractivity contribution in [1.29, 1.82) is 0 Å². The van der Waals surface area contributed by atoms with Crippen molar-refractivity contribution < 1.29 is 13.2 Å². The van der Waals surface area contributed by atoms with Crippen LogP contribution in [0, 0.1) is 0 Å². The van der Waals surface area contributed by atoms with Gasteiger partial charge in [0.05, 0.1) is 17.0 Å². The Hall–Kier alpha value is -2.42. The lowest BCUT2D eigenvalue weighted by molar-refractivity contribution is 0.114. The Balaban J connectivity index is 1.51. The van der Waals surface area contributed by atoms with Crippen molar-refractivity contribution in [2.75, 3.05) is 20.2 Å². The van der Waals surface area contributed by atoms with Crippen molar-refractivity contribution in [3.63, 3.8) is 0 Å². The first-order valence-corrected chi connectivity index (χ1v) is 11.7. The minimum Gasteiger partial charge on any atom is -0.377 e. The highest BCUT2D eigenvalue weighted by Crippen LogP contribution is 2.14. The average molecular weight is 431 g/mol. The number of aliphatic imine (C=N–C) groups is 1. The predicted octanol–water partition coefficient (Wildman–Crippen LogP) is 2.57. The van der Waals surface area contributed by atoms with Gasteiger partial charge in [0.15, 0.2) is 5.96 Å². The number of benzene rings is 2. The van der Waals surface area contributed by atoms with Gasteiger partial charge in [0.1, 0.15) is 0 Å². The molecule has 2 unspecified atom stereocenters. The Kier molecular flexibility index (Phi) is 7.84. The van der Waals surface area contributed by atoms with Crippen LogP contribution in [-0.2, 0) is 21.3 Å². The zero-order chi connectivity index (χ0) is 21.4. The molecule has 0 bridgehead atoms. The van der Waals surface area contributed by atoms with Crippen molar-refractivity contribution in [1.82, 2.24) is 15.4 Å². The molecule has 0 aromatic heterocycles. The van der Waals surface area contributed by atoms with Gasteiger partial charge in [-0.15, -0.1) is 0 Å². The molecule has 1 aliphatic rings. The molecule has 2 aromatic carbocycles. The Bertz CT molecular complexity index is 925. The van der Waals surface area contributed by atoms with Gasteiger partial charge >= 0.3 is 0 Å². The van der Waals surface area contributed by atoms with Crippen LogP contribution >= 0.6 is 0 Å². The molecular weight excluding hydrogens is 400 g/mol. The summed E-state index contributed by atoms with van der Waals surface area (Å²) in [5.41, 5.74) is 2.13. The van der Waals surface area contributed by atoms with Crippen LogP contribution in [0.5, 0.6) is 0 Å². The summed E-state index contributed by atoms with van der Waals surface area (Å²) < 4.78 is 33.0. The minimum absolute atomic E-state index is 0.0271. The SMILES string of the molecule is CN=C(NCc1ccc(S(=O)(=O)NCC2CCCO2)cc1)NC(C)c1ccccc1. The molecular formula is C22H30N4O3S. The molecule has 2 atom stereocenters. The van der Waals surface area contributed by atoms with Gasteiger partial charge in [-0.1, -0.05) is 42.5 Å². The molecule has 1 fully saturated rings. The van der Waals surface area contributed by atoms with E-state index >= 15 is 0 Å². The van der Waals surface area contributed by atoms with E-state index in [1.807, 2.05) is 30.3 Å². The summed E-state index contributed by atoms with van der Waals surface area (Å²) in [6, 6.07) is 17.1. The van der Waals surface area contributed by atoms with Crippen molar-refractivity contribution >= 4 is 16.0 Å². The monoisotopic (exact) mass is 430 g/mol. The van der Waals surface area contributed by atoms with E-state index in [-0.39, 0.29) is 17.0 Å². The average Bonchev–Trinajstić information content (AvgIpc) is 3.30. The maximum absolute atomic E-state index is 12.5. The largest absolute Gasteiger partial charge is 0.377 e. The highest BCUT2D eigenvalue weighted by Gasteiger charge is 2.20. The zero-order valence-electron chi connectivity index (χ0n) is 17.5. The van der Waals surface area contributed by atoms with E-state index in [9.17, 15) is 8.42 Å². The van der Waals surface area contributed by atoms with Crippen LogP contribution in [0.15, 0.2) is 64.5 Å². The third kappa shape index (κ3) is 6.29. The highest BCUT2D eigenvalue weighted by molar-refractivity contribution is 7.89. The maximum atomic E-state index is 12.5. The van der Waals surface area contributed by atoms with Crippen LogP contribution in [-0.4, -0.2) is 40.7 Å². The Morgan fingerprint density at radius 3 is 2.53 bits per heavy atom. The summed E-state index contributed by atoms with van der Waals surface area (Å²) in [6.07, 6.45) is 1.85. The fraction of sp³-hybridized carbons (Fsp3) is 0.409. The van der Waals surface area contributed by atoms with Crippen LogP contribution < -0.4 is 15.4 Å². The van der Waals surface area contributed by atoms with E-state index in [2.05, 4.69) is 39.4 Å². The first-order valence-electron chi connectivity index (χ1n) is 10.2. The molecule has 3 N–H and O–H groups in total. The van der Waals surface area contributed by atoms with Gasteiger partial charge < -0.3 is 15.4 Å². The van der Waals surface area contributed by atoms with Crippen LogP contribution in [0.4, 0.5) is 0 Å². The number of nitrogens with zero attached hydrogens (tertiary/aromatic N) is 1. The second-order valence-electron chi connectivity index (χ2n) is 7.33. The molecule has 2 aromatic rings. The van der Waals surface area contributed by atoms with Gasteiger partial charge in [-0.3, -0.25) is 4.99 Å². The summed E-state index contributed by atoms with van der Waals surface area (Å²) >= 11 is 0. The number of hydrogen-bond acceptors (Lipinski definition) is 4. The molecule has 0 radical (unpaired) electrons. The molecule has 1 saturated heterocycles. The molecule has 30 heavy (non-hydrogen) atoms. The second kappa shape index (κ2) is 10.6. The molecule has 7 nitrogen and oxygen atoms in total. The van der Waals surface area contributed by atoms with Crippen molar-refractivity contribution in [3.05, 3.63) is 65.7 Å². The molecule has 0 aliphatic carbocycles. The van der Waals surface area contributed by atoms with E-state index in [0.717, 1.165) is 18.4 Å². The number of guanidine groups is 1. The van der Waals surface area contributed by atoms with Gasteiger partial charge in [0, 0.05) is 26.7 Å². The number of sulfonamides is 1. The molecule has 0 saturated carbocycles. The molecule has 162 valence electrons. The van der Waals surface area contributed by atoms with Gasteiger partial charge in [-0.25, -0.2) is 13.1 Å². The second-order valence-corrected chi connectivity index (χ2v) is 9.10. The first-order chi connectivity index (χ1) is 14.5. The lowest BCUT2D eigenvalue weighted by Gasteiger charge is -2.18. The maximum Gasteiger partial charge on any atom is 0.240 e. The van der Waals surface area contributed by atoms with Gasteiger partial charge in [-0.2, -0.15) is 0 Å². The zero-order valence-corrected chi connectivity index (χ0v) is 18.3. The van der Waals surface area contributed by atoms with Gasteiger partial charge in [0.25, 0.3) is 0 Å². The van der Waals surface area contributed by atoms with Crippen molar-refractivity contribution in [2.45, 2.75) is 43.4 Å². The summed E-state index contributed by atoms with van der Waals surface area (Å²) in [5.74, 6) is 0.682. The molecule has 3 rings (SSSR count). The predicted molar refractivity (Wildman–Crippen MR) is 119 cm³/mol. The van der Waals surface area contributed by atoms with Crippen molar-refractivity contribution in [3.8, 4) is 0 Å². The van der Waals surface area contributed by atoms with Gasteiger partial charge in [-0.05, 0) is 43.0 Å². The molecule has 1 aliphatic heterocycles. The number of ether oxygens (including phenoxy) is 1. The van der Waals surface area contributed by atoms with Crippen LogP contribution in [0.2, 0.25) is 0 Å². The van der Waals surface area contributed by atoms with Crippen molar-refractivity contribution in [2.24, 2.45) is 4.99 Å². The number of hydrogen-bond donors (Lipinski definition) is 3. The molecule has 0 amide bonds. The number of rotatable bonds is 8. The normalized spacial score (nSPS) is 18.2. The smallest absolute Gasteiger partial charge is 0.240 e. The summed E-state index contributed by atoms with van der Waals surface area (Å²) in [6.45, 7) is 3.62. The van der Waals surface area contributed by atoms with Crippen LogP contribution in [0.3, 0.4) is 0 Å². The quantitative estimate of drug-likeness (QED) is 0.442. The topological polar surface area (TPSA) is 91.8 Å². The minimum atomic E-state index is -3.53. The van der Waals surface area contributed by atoms with Gasteiger partial charge in [0.2, 0.25) is 10.0 Å². The highest BCUT2D eigenvalue weighted by atomic mass is 32.2. The van der Waals surface area contributed by atoms with E-state index in [4.69, 9.17) is 4.74 Å². The Labute approximate surface area is 179 Å². The first kappa shape index (κ1) is 22.3. The van der Waals surface area contributed by atoms with E-state index in [0.29, 0.717) is 25.7 Å². The standard InChI is InChI=1S/C22H30N4O3S/c1-17(19-7-4-3-5-8-19)26-22(23-2)24-15-18-10-12-21(13-11-18)30(27,28)25-16-20-9-6-14-29-20/h3-5,7-8,10-13,17,20,25H,6,9,14-16H2,1-2H3,(H2,23,24,26). The lowest BCUT2D eigenvalue weighted by Crippen LogP contribution is -2.38. The molecule has 1 heterocycles. The Morgan fingerprint density at radius 1 is 1.17 bits per heavy atom. The Morgan fingerprint density at radius 2 is 1.90 bits per heavy atom.